The molecule has 0 aliphatic rings. The zero-order chi connectivity index (χ0) is 13.7. The van der Waals surface area contributed by atoms with Crippen molar-refractivity contribution in [2.45, 2.75) is 6.10 Å². The molecule has 0 spiro atoms. The van der Waals surface area contributed by atoms with Crippen molar-refractivity contribution in [1.29, 1.82) is 5.26 Å². The van der Waals surface area contributed by atoms with Gasteiger partial charge in [0.15, 0.2) is 6.10 Å². The number of nitriles is 1. The largest absolute Gasteiger partial charge is 0.497 e. The molecule has 19 heavy (non-hydrogen) atoms. The molecule has 0 amide bonds. The zero-order valence-corrected chi connectivity index (χ0v) is 10.4. The van der Waals surface area contributed by atoms with Crippen molar-refractivity contribution < 1.29 is 14.6 Å². The van der Waals surface area contributed by atoms with E-state index in [0.29, 0.717) is 22.8 Å². The third-order valence-corrected chi connectivity index (χ3v) is 2.57. The first kappa shape index (κ1) is 12.9. The first-order valence-electron chi connectivity index (χ1n) is 5.72. The highest BCUT2D eigenvalue weighted by atomic mass is 16.5. The van der Waals surface area contributed by atoms with Crippen LogP contribution in [-0.2, 0) is 0 Å². The second kappa shape index (κ2) is 5.89. The van der Waals surface area contributed by atoms with E-state index in [-0.39, 0.29) is 0 Å². The van der Waals surface area contributed by atoms with Crippen LogP contribution in [0.2, 0.25) is 0 Å². The van der Waals surface area contributed by atoms with E-state index in [1.54, 1.807) is 49.6 Å². The lowest BCUT2D eigenvalue weighted by Gasteiger charge is -2.09. The Labute approximate surface area is 111 Å². The summed E-state index contributed by atoms with van der Waals surface area (Å²) in [6.45, 7) is 0. The van der Waals surface area contributed by atoms with Gasteiger partial charge in [0.05, 0.1) is 13.2 Å². The average Bonchev–Trinajstić information content (AvgIpc) is 2.47. The minimum Gasteiger partial charge on any atom is -0.497 e. The molecule has 2 rings (SSSR count). The summed E-state index contributed by atoms with van der Waals surface area (Å²) in [7, 11) is 1.59. The molecule has 4 nitrogen and oxygen atoms in total. The molecular weight excluding hydrogens is 242 g/mol. The van der Waals surface area contributed by atoms with Gasteiger partial charge in [-0.05, 0) is 29.8 Å². The summed E-state index contributed by atoms with van der Waals surface area (Å²) in [4.78, 5) is 0. The smallest absolute Gasteiger partial charge is 0.166 e. The number of ether oxygens (including phenoxy) is 2. The molecule has 0 heterocycles. The fraction of sp³-hybridized carbons (Fsp3) is 0.133. The van der Waals surface area contributed by atoms with Crippen LogP contribution in [-0.4, -0.2) is 12.2 Å². The zero-order valence-electron chi connectivity index (χ0n) is 10.4. The van der Waals surface area contributed by atoms with Crippen molar-refractivity contribution in [2.75, 3.05) is 7.11 Å². The lowest BCUT2D eigenvalue weighted by Crippen LogP contribution is -1.94. The molecule has 0 aliphatic heterocycles. The first-order valence-corrected chi connectivity index (χ1v) is 5.72. The van der Waals surface area contributed by atoms with Crippen LogP contribution in [0.15, 0.2) is 48.5 Å². The number of hydrogen-bond acceptors (Lipinski definition) is 4. The SMILES string of the molecule is COc1cccc(Oc2cccc(C(O)C#N)c2)c1. The molecule has 0 aliphatic carbocycles. The average molecular weight is 255 g/mol. The second-order valence-corrected chi connectivity index (χ2v) is 3.89. The fourth-order valence-corrected chi connectivity index (χ4v) is 1.62. The molecule has 0 saturated carbocycles. The molecule has 1 N–H and O–H groups in total. The van der Waals surface area contributed by atoms with E-state index in [1.165, 1.54) is 0 Å². The first-order chi connectivity index (χ1) is 9.22. The van der Waals surface area contributed by atoms with E-state index in [9.17, 15) is 5.11 Å². The van der Waals surface area contributed by atoms with Gasteiger partial charge in [0.1, 0.15) is 17.2 Å². The number of methoxy groups -OCH3 is 1. The summed E-state index contributed by atoms with van der Waals surface area (Å²) in [6, 6.07) is 15.8. The molecule has 0 aromatic heterocycles. The van der Waals surface area contributed by atoms with E-state index < -0.39 is 6.10 Å². The van der Waals surface area contributed by atoms with Crippen molar-refractivity contribution in [2.24, 2.45) is 0 Å². The minimum atomic E-state index is -1.14. The van der Waals surface area contributed by atoms with Crippen LogP contribution < -0.4 is 9.47 Å². The molecule has 2 aromatic carbocycles. The number of nitrogens with zero attached hydrogens (tertiary/aromatic N) is 1. The lowest BCUT2D eigenvalue weighted by molar-refractivity contribution is 0.235. The summed E-state index contributed by atoms with van der Waals surface area (Å²) in [5, 5.41) is 18.1. The molecule has 0 radical (unpaired) electrons. The van der Waals surface area contributed by atoms with Crippen molar-refractivity contribution in [3.05, 3.63) is 54.1 Å². The predicted octanol–water partition coefficient (Wildman–Crippen LogP) is 3.04. The van der Waals surface area contributed by atoms with Crippen LogP contribution in [0.3, 0.4) is 0 Å². The normalized spacial score (nSPS) is 11.4. The second-order valence-electron chi connectivity index (χ2n) is 3.89. The summed E-state index contributed by atoms with van der Waals surface area (Å²) in [5.74, 6) is 1.88. The van der Waals surface area contributed by atoms with Crippen LogP contribution in [0.25, 0.3) is 0 Å². The maximum absolute atomic E-state index is 9.47. The molecular formula is C15H13NO3. The quantitative estimate of drug-likeness (QED) is 0.853. The summed E-state index contributed by atoms with van der Waals surface area (Å²) in [6.07, 6.45) is -1.14. The third kappa shape index (κ3) is 3.24. The van der Waals surface area contributed by atoms with E-state index in [1.807, 2.05) is 12.1 Å². The highest BCUT2D eigenvalue weighted by molar-refractivity contribution is 5.38. The number of aliphatic hydroxyl groups is 1. The molecule has 0 bridgehead atoms. The van der Waals surface area contributed by atoms with Crippen molar-refractivity contribution in [3.8, 4) is 23.3 Å². The van der Waals surface area contributed by atoms with Crippen LogP contribution >= 0.6 is 0 Å². The van der Waals surface area contributed by atoms with E-state index >= 15 is 0 Å². The maximum Gasteiger partial charge on any atom is 0.166 e. The van der Waals surface area contributed by atoms with Crippen LogP contribution in [0.1, 0.15) is 11.7 Å². The van der Waals surface area contributed by atoms with Gasteiger partial charge in [-0.25, -0.2) is 0 Å². The molecule has 96 valence electrons. The lowest BCUT2D eigenvalue weighted by atomic mass is 10.1. The Morgan fingerprint density at radius 2 is 1.68 bits per heavy atom. The summed E-state index contributed by atoms with van der Waals surface area (Å²) < 4.78 is 10.8. The van der Waals surface area contributed by atoms with Crippen molar-refractivity contribution in [1.82, 2.24) is 0 Å². The number of hydrogen-bond donors (Lipinski definition) is 1. The Bertz CT molecular complexity index is 604. The Hall–Kier alpha value is -2.51. The Morgan fingerprint density at radius 3 is 2.37 bits per heavy atom. The predicted molar refractivity (Wildman–Crippen MR) is 70.1 cm³/mol. The van der Waals surface area contributed by atoms with Crippen LogP contribution in [0.5, 0.6) is 17.2 Å². The van der Waals surface area contributed by atoms with E-state index in [0.717, 1.165) is 0 Å². The van der Waals surface area contributed by atoms with Gasteiger partial charge in [0.2, 0.25) is 0 Å². The third-order valence-electron chi connectivity index (χ3n) is 2.57. The molecule has 1 atom stereocenters. The molecule has 0 fully saturated rings. The Balaban J connectivity index is 2.21. The highest BCUT2D eigenvalue weighted by Gasteiger charge is 2.07. The van der Waals surface area contributed by atoms with E-state index in [2.05, 4.69) is 0 Å². The molecule has 1 unspecified atom stereocenters. The summed E-state index contributed by atoms with van der Waals surface area (Å²) in [5.41, 5.74) is 0.503. The standard InChI is InChI=1S/C15H13NO3/c1-18-12-5-3-7-14(9-12)19-13-6-2-4-11(8-13)15(17)10-16/h2-9,15,17H,1H3. The Kier molecular flexibility index (Phi) is 4.01. The maximum atomic E-state index is 9.47. The van der Waals surface area contributed by atoms with Gasteiger partial charge in [0.25, 0.3) is 0 Å². The van der Waals surface area contributed by atoms with Crippen LogP contribution in [0.4, 0.5) is 0 Å². The summed E-state index contributed by atoms with van der Waals surface area (Å²) >= 11 is 0. The van der Waals surface area contributed by atoms with Gasteiger partial charge in [-0.15, -0.1) is 0 Å². The number of aliphatic hydroxyl groups excluding tert-OH is 1. The van der Waals surface area contributed by atoms with Gasteiger partial charge < -0.3 is 14.6 Å². The highest BCUT2D eigenvalue weighted by Crippen LogP contribution is 2.26. The van der Waals surface area contributed by atoms with Gasteiger partial charge in [0, 0.05) is 6.07 Å². The van der Waals surface area contributed by atoms with Crippen LogP contribution in [0, 0.1) is 11.3 Å². The number of rotatable bonds is 4. The van der Waals surface area contributed by atoms with Gasteiger partial charge in [-0.1, -0.05) is 18.2 Å². The van der Waals surface area contributed by atoms with E-state index in [4.69, 9.17) is 14.7 Å². The van der Waals surface area contributed by atoms with Gasteiger partial charge >= 0.3 is 0 Å². The minimum absolute atomic E-state index is 0.503. The number of benzene rings is 2. The monoisotopic (exact) mass is 255 g/mol. The molecule has 0 saturated heterocycles. The van der Waals surface area contributed by atoms with Crippen molar-refractivity contribution >= 4 is 0 Å². The fourth-order valence-electron chi connectivity index (χ4n) is 1.62. The van der Waals surface area contributed by atoms with Gasteiger partial charge in [-0.3, -0.25) is 0 Å². The van der Waals surface area contributed by atoms with Gasteiger partial charge in [-0.2, -0.15) is 5.26 Å². The molecule has 4 heteroatoms. The Morgan fingerprint density at radius 1 is 1.05 bits per heavy atom. The topological polar surface area (TPSA) is 62.5 Å². The molecule has 2 aromatic rings. The van der Waals surface area contributed by atoms with Crippen molar-refractivity contribution in [3.63, 3.8) is 0 Å².